The molecular formula is C11H16N4O. The van der Waals surface area contributed by atoms with Gasteiger partial charge in [-0.3, -0.25) is 4.79 Å². The lowest BCUT2D eigenvalue weighted by molar-refractivity contribution is 0.591. The molecule has 0 saturated heterocycles. The number of aryl methyl sites for hydroxylation is 1. The molecule has 0 aliphatic rings. The highest BCUT2D eigenvalue weighted by Crippen LogP contribution is 1.98. The Kier molecular flexibility index (Phi) is 5.09. The molecule has 0 atom stereocenters. The van der Waals surface area contributed by atoms with E-state index in [0.29, 0.717) is 31.7 Å². The smallest absolute Gasteiger partial charge is 0.268 e. The first-order valence-electron chi connectivity index (χ1n) is 5.18. The third kappa shape index (κ3) is 3.75. The summed E-state index contributed by atoms with van der Waals surface area (Å²) in [4.78, 5) is 11.6. The van der Waals surface area contributed by atoms with Crippen molar-refractivity contribution in [2.75, 3.05) is 18.4 Å². The van der Waals surface area contributed by atoms with Gasteiger partial charge in [-0.25, -0.2) is 4.68 Å². The Balaban J connectivity index is 2.66. The van der Waals surface area contributed by atoms with E-state index in [0.717, 1.165) is 0 Å². The molecule has 0 saturated carbocycles. The maximum atomic E-state index is 11.6. The molecular weight excluding hydrogens is 204 g/mol. The summed E-state index contributed by atoms with van der Waals surface area (Å²) >= 11 is 0. The van der Waals surface area contributed by atoms with E-state index in [9.17, 15) is 4.79 Å². The van der Waals surface area contributed by atoms with Crippen molar-refractivity contribution in [3.63, 3.8) is 0 Å². The zero-order valence-electron chi connectivity index (χ0n) is 9.36. The summed E-state index contributed by atoms with van der Waals surface area (Å²) in [5, 5.41) is 7.04. The molecule has 1 aromatic rings. The lowest BCUT2D eigenvalue weighted by Gasteiger charge is -2.05. The molecule has 0 fully saturated rings. The molecule has 0 aliphatic carbocycles. The Bertz CT molecular complexity index is 441. The Hall–Kier alpha value is -1.80. The van der Waals surface area contributed by atoms with E-state index < -0.39 is 0 Å². The number of hydrogen-bond donors (Lipinski definition) is 2. The monoisotopic (exact) mass is 220 g/mol. The average Bonchev–Trinajstić information content (AvgIpc) is 2.29. The van der Waals surface area contributed by atoms with Crippen LogP contribution in [-0.4, -0.2) is 22.9 Å². The highest BCUT2D eigenvalue weighted by molar-refractivity contribution is 5.38. The number of anilines is 1. The molecule has 0 bridgehead atoms. The van der Waals surface area contributed by atoms with Gasteiger partial charge in [-0.1, -0.05) is 0 Å². The van der Waals surface area contributed by atoms with Gasteiger partial charge in [0.15, 0.2) is 0 Å². The predicted octanol–water partition coefficient (Wildman–Crippen LogP) is 0.0273. The van der Waals surface area contributed by atoms with Crippen LogP contribution in [0.3, 0.4) is 0 Å². The lowest BCUT2D eigenvalue weighted by Crippen LogP contribution is -2.23. The van der Waals surface area contributed by atoms with Crippen LogP contribution in [0, 0.1) is 11.8 Å². The maximum absolute atomic E-state index is 11.6. The molecule has 86 valence electrons. The molecule has 3 N–H and O–H groups in total. The van der Waals surface area contributed by atoms with E-state index in [4.69, 9.17) is 5.73 Å². The van der Waals surface area contributed by atoms with Crippen LogP contribution < -0.4 is 16.6 Å². The van der Waals surface area contributed by atoms with Gasteiger partial charge in [-0.2, -0.15) is 5.10 Å². The van der Waals surface area contributed by atoms with Crippen molar-refractivity contribution in [2.45, 2.75) is 19.9 Å². The van der Waals surface area contributed by atoms with Crippen molar-refractivity contribution in [1.82, 2.24) is 9.78 Å². The van der Waals surface area contributed by atoms with Gasteiger partial charge in [0.2, 0.25) is 0 Å². The van der Waals surface area contributed by atoms with E-state index in [2.05, 4.69) is 22.3 Å². The molecule has 1 aromatic heterocycles. The summed E-state index contributed by atoms with van der Waals surface area (Å²) in [5.74, 6) is 5.67. The van der Waals surface area contributed by atoms with Crippen LogP contribution in [0.15, 0.2) is 17.1 Å². The van der Waals surface area contributed by atoms with Gasteiger partial charge >= 0.3 is 0 Å². The minimum absolute atomic E-state index is 0.125. The molecule has 0 aliphatic heterocycles. The topological polar surface area (TPSA) is 72.9 Å². The number of hydrogen-bond acceptors (Lipinski definition) is 4. The van der Waals surface area contributed by atoms with Crippen molar-refractivity contribution in [3.05, 3.63) is 22.6 Å². The molecule has 5 heteroatoms. The van der Waals surface area contributed by atoms with Crippen LogP contribution in [0.25, 0.3) is 0 Å². The Labute approximate surface area is 94.7 Å². The normalized spacial score (nSPS) is 9.38. The van der Waals surface area contributed by atoms with E-state index in [-0.39, 0.29) is 5.56 Å². The van der Waals surface area contributed by atoms with Gasteiger partial charge < -0.3 is 11.1 Å². The van der Waals surface area contributed by atoms with E-state index in [1.807, 2.05) is 0 Å². The molecule has 5 nitrogen and oxygen atoms in total. The molecule has 16 heavy (non-hydrogen) atoms. The van der Waals surface area contributed by atoms with Crippen LogP contribution in [0.5, 0.6) is 0 Å². The summed E-state index contributed by atoms with van der Waals surface area (Å²) in [6.07, 6.45) is 2.26. The second-order valence-corrected chi connectivity index (χ2v) is 3.20. The highest BCUT2D eigenvalue weighted by atomic mass is 16.1. The quantitative estimate of drug-likeness (QED) is 0.686. The predicted molar refractivity (Wildman–Crippen MR) is 64.1 cm³/mol. The fraction of sp³-hybridized carbons (Fsp3) is 0.455. The second-order valence-electron chi connectivity index (χ2n) is 3.20. The minimum Gasteiger partial charge on any atom is -0.382 e. The Morgan fingerprint density at radius 1 is 1.62 bits per heavy atom. The summed E-state index contributed by atoms with van der Waals surface area (Å²) in [6, 6.07) is 1.52. The van der Waals surface area contributed by atoms with Gasteiger partial charge in [0, 0.05) is 25.6 Å². The van der Waals surface area contributed by atoms with Crippen LogP contribution in [0.2, 0.25) is 0 Å². The fourth-order valence-electron chi connectivity index (χ4n) is 1.20. The molecule has 0 spiro atoms. The van der Waals surface area contributed by atoms with Gasteiger partial charge in [0.1, 0.15) is 0 Å². The van der Waals surface area contributed by atoms with Gasteiger partial charge in [0.05, 0.1) is 18.4 Å². The van der Waals surface area contributed by atoms with Crippen molar-refractivity contribution in [1.29, 1.82) is 0 Å². The number of nitrogens with zero attached hydrogens (tertiary/aromatic N) is 2. The molecule has 1 rings (SSSR count). The van der Waals surface area contributed by atoms with E-state index in [1.165, 1.54) is 10.7 Å². The third-order valence-corrected chi connectivity index (χ3v) is 1.97. The molecule has 1 heterocycles. The highest BCUT2D eigenvalue weighted by Gasteiger charge is 1.98. The first-order chi connectivity index (χ1) is 7.77. The summed E-state index contributed by atoms with van der Waals surface area (Å²) in [5.41, 5.74) is 5.92. The van der Waals surface area contributed by atoms with Crippen molar-refractivity contribution < 1.29 is 0 Å². The van der Waals surface area contributed by atoms with E-state index in [1.54, 1.807) is 13.1 Å². The standard InChI is InChI=1S/C11H16N4O/c1-2-3-4-7-15-11(16)8-10(9-14-15)13-6-5-12/h8-9,13H,4-7,12H2,1H3. The lowest BCUT2D eigenvalue weighted by atomic mass is 10.4. The third-order valence-electron chi connectivity index (χ3n) is 1.97. The molecule has 0 radical (unpaired) electrons. The first kappa shape index (κ1) is 12.3. The largest absolute Gasteiger partial charge is 0.382 e. The van der Waals surface area contributed by atoms with Gasteiger partial charge in [-0.15, -0.1) is 11.8 Å². The van der Waals surface area contributed by atoms with Crippen LogP contribution in [0.4, 0.5) is 5.69 Å². The number of nitrogens with one attached hydrogen (secondary N) is 1. The Morgan fingerprint density at radius 2 is 2.44 bits per heavy atom. The number of aromatic nitrogens is 2. The maximum Gasteiger partial charge on any atom is 0.268 e. The zero-order valence-corrected chi connectivity index (χ0v) is 9.36. The Morgan fingerprint density at radius 3 is 3.06 bits per heavy atom. The number of nitrogens with two attached hydrogens (primary N) is 1. The summed E-state index contributed by atoms with van der Waals surface area (Å²) in [6.45, 7) is 3.45. The summed E-state index contributed by atoms with van der Waals surface area (Å²) < 4.78 is 1.40. The molecule has 0 unspecified atom stereocenters. The zero-order chi connectivity index (χ0) is 11.8. The molecule has 0 amide bonds. The van der Waals surface area contributed by atoms with Gasteiger partial charge in [0.25, 0.3) is 5.56 Å². The van der Waals surface area contributed by atoms with Gasteiger partial charge in [-0.05, 0) is 6.92 Å². The van der Waals surface area contributed by atoms with Crippen LogP contribution in [-0.2, 0) is 6.54 Å². The van der Waals surface area contributed by atoms with Crippen LogP contribution in [0.1, 0.15) is 13.3 Å². The van der Waals surface area contributed by atoms with Crippen molar-refractivity contribution in [2.24, 2.45) is 5.73 Å². The SMILES string of the molecule is CC#CCCn1ncc(NCCN)cc1=O. The van der Waals surface area contributed by atoms with Crippen LogP contribution >= 0.6 is 0 Å². The fourth-order valence-corrected chi connectivity index (χ4v) is 1.20. The van der Waals surface area contributed by atoms with Crippen molar-refractivity contribution >= 4 is 5.69 Å². The summed E-state index contributed by atoms with van der Waals surface area (Å²) in [7, 11) is 0. The molecule has 0 aromatic carbocycles. The first-order valence-corrected chi connectivity index (χ1v) is 5.18. The average molecular weight is 220 g/mol. The minimum atomic E-state index is -0.125. The van der Waals surface area contributed by atoms with Crippen molar-refractivity contribution in [3.8, 4) is 11.8 Å². The number of rotatable bonds is 5. The second kappa shape index (κ2) is 6.64. The van der Waals surface area contributed by atoms with E-state index >= 15 is 0 Å².